The number of carbonyl (C=O) groups is 2. The molecular weight excluding hydrogens is 428 g/mol. The Hall–Kier alpha value is -4.01. The van der Waals surface area contributed by atoms with Gasteiger partial charge in [0.15, 0.2) is 11.6 Å². The van der Waals surface area contributed by atoms with Crippen LogP contribution in [0.4, 0.5) is 8.78 Å². The smallest absolute Gasteiger partial charge is 0.268 e. The van der Waals surface area contributed by atoms with Gasteiger partial charge in [-0.25, -0.2) is 13.8 Å². The maximum atomic E-state index is 13.7. The van der Waals surface area contributed by atoms with Crippen LogP contribution >= 0.6 is 0 Å². The molecule has 0 aliphatic heterocycles. The lowest BCUT2D eigenvalue weighted by Gasteiger charge is -2.19. The molecule has 0 saturated heterocycles. The average molecular weight is 451 g/mol. The second-order valence-electron chi connectivity index (χ2n) is 7.97. The Morgan fingerprint density at radius 1 is 1.06 bits per heavy atom. The lowest BCUT2D eigenvalue weighted by molar-refractivity contribution is -0.123. The van der Waals surface area contributed by atoms with Crippen LogP contribution in [0.1, 0.15) is 32.9 Å². The summed E-state index contributed by atoms with van der Waals surface area (Å²) in [6.45, 7) is 3.80. The van der Waals surface area contributed by atoms with Crippen LogP contribution in [0.2, 0.25) is 0 Å². The zero-order chi connectivity index (χ0) is 23.5. The molecular formula is C24H23F2N5O2. The fraction of sp³-hybridized carbons (Fsp3) is 0.208. The van der Waals surface area contributed by atoms with Gasteiger partial charge in [0.1, 0.15) is 17.4 Å². The van der Waals surface area contributed by atoms with Crippen LogP contribution in [0.15, 0.2) is 48.8 Å². The summed E-state index contributed by atoms with van der Waals surface area (Å²) < 4.78 is 27.0. The van der Waals surface area contributed by atoms with Gasteiger partial charge in [0.05, 0.1) is 0 Å². The molecule has 7 nitrogen and oxygen atoms in total. The molecule has 33 heavy (non-hydrogen) atoms. The molecule has 4 aromatic rings. The molecule has 0 radical (unpaired) electrons. The number of pyridine rings is 1. The molecule has 0 unspecified atom stereocenters. The first-order valence-corrected chi connectivity index (χ1v) is 10.4. The molecule has 0 bridgehead atoms. The molecule has 170 valence electrons. The highest BCUT2D eigenvalue weighted by atomic mass is 19.2. The minimum Gasteiger partial charge on any atom is -0.354 e. The quantitative estimate of drug-likeness (QED) is 0.346. The predicted octanol–water partition coefficient (Wildman–Crippen LogP) is 3.44. The molecule has 3 aromatic heterocycles. The van der Waals surface area contributed by atoms with E-state index in [1.807, 2.05) is 25.1 Å². The van der Waals surface area contributed by atoms with Crippen LogP contribution in [0.25, 0.3) is 11.0 Å². The van der Waals surface area contributed by atoms with Crippen molar-refractivity contribution in [2.24, 2.45) is 0 Å². The maximum Gasteiger partial charge on any atom is 0.268 e. The molecule has 0 fully saturated rings. The number of H-pyrrole nitrogens is 2. The van der Waals surface area contributed by atoms with E-state index in [4.69, 9.17) is 0 Å². The van der Waals surface area contributed by atoms with E-state index in [2.05, 4.69) is 25.6 Å². The van der Waals surface area contributed by atoms with E-state index < -0.39 is 29.5 Å². The second kappa shape index (κ2) is 9.23. The highest BCUT2D eigenvalue weighted by Crippen LogP contribution is 2.14. The number of hydrogen-bond donors (Lipinski definition) is 4. The number of aromatic amines is 2. The van der Waals surface area contributed by atoms with Gasteiger partial charge in [0, 0.05) is 36.4 Å². The first-order chi connectivity index (χ1) is 15.8. The molecule has 4 rings (SSSR count). The Balaban J connectivity index is 1.51. The van der Waals surface area contributed by atoms with Crippen LogP contribution in [0.5, 0.6) is 0 Å². The highest BCUT2D eigenvalue weighted by molar-refractivity contribution is 5.97. The lowest BCUT2D eigenvalue weighted by Crippen LogP contribution is -2.48. The van der Waals surface area contributed by atoms with Crippen molar-refractivity contribution in [1.29, 1.82) is 0 Å². The molecule has 0 aliphatic carbocycles. The number of hydrogen-bond acceptors (Lipinski definition) is 3. The third-order valence-corrected chi connectivity index (χ3v) is 5.35. The van der Waals surface area contributed by atoms with E-state index in [1.165, 1.54) is 6.07 Å². The summed E-state index contributed by atoms with van der Waals surface area (Å²) in [5.41, 5.74) is 3.80. The highest BCUT2D eigenvalue weighted by Gasteiger charge is 2.24. The molecule has 3 heterocycles. The third kappa shape index (κ3) is 5.08. The number of nitrogens with one attached hydrogen (secondary N) is 4. The zero-order valence-electron chi connectivity index (χ0n) is 18.1. The van der Waals surface area contributed by atoms with Crippen LogP contribution < -0.4 is 10.6 Å². The summed E-state index contributed by atoms with van der Waals surface area (Å²) in [7, 11) is 0. The van der Waals surface area contributed by atoms with E-state index in [-0.39, 0.29) is 13.0 Å². The van der Waals surface area contributed by atoms with E-state index in [0.717, 1.165) is 40.0 Å². The summed E-state index contributed by atoms with van der Waals surface area (Å²) in [5, 5.41) is 6.42. The van der Waals surface area contributed by atoms with Crippen molar-refractivity contribution in [2.45, 2.75) is 32.9 Å². The minimum absolute atomic E-state index is 0.0113. The van der Waals surface area contributed by atoms with E-state index in [9.17, 15) is 18.4 Å². The standard InChI is InChI=1S/C24H23F2N5O2/c1-13-7-14(2)30-21(13)24(33)31-20(10-15-3-4-18(25)19(26)9-15)23(32)29-12-16-8-17-5-6-27-22(17)28-11-16/h3-9,11,20,30H,10,12H2,1-2H3,(H,27,28)(H,29,32)(H,31,33)/t20-/m0/s1. The number of halogens is 2. The average Bonchev–Trinajstić information content (AvgIpc) is 3.39. The van der Waals surface area contributed by atoms with Gasteiger partial charge in [-0.15, -0.1) is 0 Å². The first-order valence-electron chi connectivity index (χ1n) is 10.4. The van der Waals surface area contributed by atoms with Crippen LogP contribution in [0, 0.1) is 25.5 Å². The van der Waals surface area contributed by atoms with Gasteiger partial charge in [0.25, 0.3) is 5.91 Å². The summed E-state index contributed by atoms with van der Waals surface area (Å²) in [4.78, 5) is 36.1. The summed E-state index contributed by atoms with van der Waals surface area (Å²) in [5.74, 6) is -2.91. The Kier molecular flexibility index (Phi) is 6.21. The second-order valence-corrected chi connectivity index (χ2v) is 7.97. The number of carbonyl (C=O) groups excluding carboxylic acids is 2. The first kappa shape index (κ1) is 22.2. The van der Waals surface area contributed by atoms with Crippen molar-refractivity contribution >= 4 is 22.8 Å². The van der Waals surface area contributed by atoms with Crippen molar-refractivity contribution in [3.8, 4) is 0 Å². The normalized spacial score (nSPS) is 12.0. The van der Waals surface area contributed by atoms with Gasteiger partial charge in [-0.1, -0.05) is 6.07 Å². The van der Waals surface area contributed by atoms with E-state index in [0.29, 0.717) is 11.3 Å². The maximum absolute atomic E-state index is 13.7. The Morgan fingerprint density at radius 3 is 2.61 bits per heavy atom. The van der Waals surface area contributed by atoms with Gasteiger partial charge in [0.2, 0.25) is 5.91 Å². The minimum atomic E-state index is -1.01. The topological polar surface area (TPSA) is 103 Å². The van der Waals surface area contributed by atoms with E-state index >= 15 is 0 Å². The van der Waals surface area contributed by atoms with Gasteiger partial charge < -0.3 is 20.6 Å². The van der Waals surface area contributed by atoms with Gasteiger partial charge >= 0.3 is 0 Å². The van der Waals surface area contributed by atoms with Crippen LogP contribution in [-0.2, 0) is 17.8 Å². The summed E-state index contributed by atoms with van der Waals surface area (Å²) >= 11 is 0. The largest absolute Gasteiger partial charge is 0.354 e. The number of rotatable bonds is 7. The molecule has 1 atom stereocenters. The number of nitrogens with zero attached hydrogens (tertiary/aromatic N) is 1. The van der Waals surface area contributed by atoms with Gasteiger partial charge in [-0.3, -0.25) is 9.59 Å². The monoisotopic (exact) mass is 451 g/mol. The molecule has 0 spiro atoms. The molecule has 0 saturated carbocycles. The molecule has 1 aromatic carbocycles. The number of benzene rings is 1. The molecule has 0 aliphatic rings. The molecule has 9 heteroatoms. The summed E-state index contributed by atoms with van der Waals surface area (Å²) in [6, 6.07) is 8.00. The van der Waals surface area contributed by atoms with Gasteiger partial charge in [-0.2, -0.15) is 0 Å². The number of amides is 2. The van der Waals surface area contributed by atoms with Crippen molar-refractivity contribution in [3.05, 3.63) is 88.5 Å². The Bertz CT molecular complexity index is 1330. The zero-order valence-corrected chi connectivity index (χ0v) is 18.1. The fourth-order valence-electron chi connectivity index (χ4n) is 3.70. The fourth-order valence-corrected chi connectivity index (χ4v) is 3.70. The van der Waals surface area contributed by atoms with Crippen molar-refractivity contribution < 1.29 is 18.4 Å². The summed E-state index contributed by atoms with van der Waals surface area (Å²) in [6.07, 6.45) is 3.41. The Labute approximate surface area is 188 Å². The van der Waals surface area contributed by atoms with Crippen molar-refractivity contribution in [2.75, 3.05) is 0 Å². The van der Waals surface area contributed by atoms with Crippen LogP contribution in [-0.4, -0.2) is 32.8 Å². The van der Waals surface area contributed by atoms with E-state index in [1.54, 1.807) is 19.3 Å². The molecule has 2 amide bonds. The third-order valence-electron chi connectivity index (χ3n) is 5.35. The predicted molar refractivity (Wildman–Crippen MR) is 120 cm³/mol. The van der Waals surface area contributed by atoms with Gasteiger partial charge in [-0.05, 0) is 60.9 Å². The number of aromatic nitrogens is 3. The van der Waals surface area contributed by atoms with Crippen LogP contribution in [0.3, 0.4) is 0 Å². The van der Waals surface area contributed by atoms with Crippen molar-refractivity contribution in [3.63, 3.8) is 0 Å². The molecule has 4 N–H and O–H groups in total. The Morgan fingerprint density at radius 2 is 1.88 bits per heavy atom. The number of aryl methyl sites for hydroxylation is 2. The van der Waals surface area contributed by atoms with Crippen molar-refractivity contribution in [1.82, 2.24) is 25.6 Å². The number of fused-ring (bicyclic) bond motifs is 1. The SMILES string of the molecule is Cc1cc(C)c(C(=O)N[C@@H](Cc2ccc(F)c(F)c2)C(=O)NCc2cnc3[nH]ccc3c2)[nH]1. The lowest BCUT2D eigenvalue weighted by atomic mass is 10.0.